The van der Waals surface area contributed by atoms with Crippen molar-refractivity contribution in [3.8, 4) is 0 Å². The van der Waals surface area contributed by atoms with E-state index in [1.807, 2.05) is 16.0 Å². The molecule has 0 radical (unpaired) electrons. The van der Waals surface area contributed by atoms with Crippen molar-refractivity contribution in [3.05, 3.63) is 221 Å². The van der Waals surface area contributed by atoms with E-state index in [2.05, 4.69) is 196 Å². The first-order valence-electron chi connectivity index (χ1n) is 36.3. The lowest BCUT2D eigenvalue weighted by molar-refractivity contribution is -0.136. The number of benzene rings is 6. The van der Waals surface area contributed by atoms with Crippen LogP contribution in [0.1, 0.15) is 147 Å². The summed E-state index contributed by atoms with van der Waals surface area (Å²) < 4.78 is 43.0. The molecule has 0 saturated carbocycles. The van der Waals surface area contributed by atoms with Crippen molar-refractivity contribution in [1.29, 1.82) is 0 Å². The number of para-hydroxylation sites is 3. The largest absolute Gasteiger partial charge is 0.375 e. The SMILES string of the molecule is CC(=O)N1CC=C(c2c[nH]c3ccc(F)cc23)CC1.CCCC(=O)N1CCC(c2c[nH]c3ccccc23)CC1.COCC(=O)N1CCC(c2c[nH]c3ccccc23)CC1.Cc1ccc2[nH]cc(C3CCN(S(C)(=O)=O)CC3)c2c1.c1ccc(CN2CCC(c3c[nH]c4ccccc34)CC2)cc1. The second-order valence-corrected chi connectivity index (χ2v) is 29.9. The number of sulfonamides is 1. The van der Waals surface area contributed by atoms with E-state index >= 15 is 0 Å². The first-order chi connectivity index (χ1) is 49.1. The molecule has 4 fully saturated rings. The normalized spacial score (nSPS) is 17.0. The van der Waals surface area contributed by atoms with Gasteiger partial charge in [-0.1, -0.05) is 110 Å². The summed E-state index contributed by atoms with van der Waals surface area (Å²) in [6.07, 6.45) is 24.8. The van der Waals surface area contributed by atoms with E-state index in [0.29, 0.717) is 55.6 Å². The second-order valence-electron chi connectivity index (χ2n) is 28.0. The van der Waals surface area contributed by atoms with Crippen LogP contribution in [-0.4, -0.2) is 160 Å². The van der Waals surface area contributed by atoms with Gasteiger partial charge < -0.3 is 44.4 Å². The summed E-state index contributed by atoms with van der Waals surface area (Å²) in [5, 5.41) is 6.24. The third-order valence-electron chi connectivity index (χ3n) is 21.3. The van der Waals surface area contributed by atoms with Crippen LogP contribution in [0.15, 0.2) is 177 Å². The monoisotopic (exact) mass is 1380 g/mol. The van der Waals surface area contributed by atoms with Crippen molar-refractivity contribution >= 4 is 87.8 Å². The molecule has 3 amide bonds. The van der Waals surface area contributed by atoms with Crippen LogP contribution in [-0.2, 0) is 35.7 Å². The van der Waals surface area contributed by atoms with Crippen LogP contribution in [0.5, 0.6) is 0 Å². The molecule has 530 valence electrons. The number of rotatable bonds is 12. The number of hydrogen-bond acceptors (Lipinski definition) is 7. The Hall–Kier alpha value is -9.07. The number of likely N-dealkylation sites (tertiary alicyclic amines) is 3. The summed E-state index contributed by atoms with van der Waals surface area (Å²) in [4.78, 5) is 60.0. The maximum absolute atomic E-state index is 13.3. The zero-order valence-electron chi connectivity index (χ0n) is 59.3. The number of piperidine rings is 4. The van der Waals surface area contributed by atoms with E-state index in [0.717, 1.165) is 113 Å². The van der Waals surface area contributed by atoms with E-state index in [4.69, 9.17) is 4.74 Å². The average molecular weight is 1380 g/mol. The number of nitrogens with zero attached hydrogens (tertiary/aromatic N) is 5. The zero-order valence-corrected chi connectivity index (χ0v) is 60.1. The van der Waals surface area contributed by atoms with Crippen LogP contribution in [0.4, 0.5) is 4.39 Å². The Labute approximate surface area is 593 Å². The van der Waals surface area contributed by atoms with Gasteiger partial charge in [0.15, 0.2) is 0 Å². The Kier molecular flexibility index (Phi) is 23.9. The van der Waals surface area contributed by atoms with Crippen LogP contribution in [0, 0.1) is 12.7 Å². The molecule has 16 rings (SSSR count). The molecule has 16 nitrogen and oxygen atoms in total. The van der Waals surface area contributed by atoms with Gasteiger partial charge in [0, 0.05) is 170 Å². The highest BCUT2D eigenvalue weighted by Gasteiger charge is 2.30. The molecule has 101 heavy (non-hydrogen) atoms. The fourth-order valence-electron chi connectivity index (χ4n) is 15.7. The number of ether oxygens (including phenoxy) is 1. The molecule has 5 aromatic heterocycles. The van der Waals surface area contributed by atoms with E-state index in [-0.39, 0.29) is 24.2 Å². The predicted octanol–water partition coefficient (Wildman–Crippen LogP) is 16.3. The molecule has 0 atom stereocenters. The summed E-state index contributed by atoms with van der Waals surface area (Å²) >= 11 is 0. The summed E-state index contributed by atoms with van der Waals surface area (Å²) in [7, 11) is -1.48. The van der Waals surface area contributed by atoms with Gasteiger partial charge in [-0.2, -0.15) is 0 Å². The van der Waals surface area contributed by atoms with Gasteiger partial charge >= 0.3 is 0 Å². The summed E-state index contributed by atoms with van der Waals surface area (Å²) in [6, 6.07) is 47.5. The minimum absolute atomic E-state index is 0.0975. The molecule has 4 saturated heterocycles. The number of hydrogen-bond donors (Lipinski definition) is 5. The molecule has 11 aromatic rings. The van der Waals surface area contributed by atoms with Gasteiger partial charge in [-0.25, -0.2) is 17.1 Å². The Morgan fingerprint density at radius 2 is 0.950 bits per heavy atom. The lowest BCUT2D eigenvalue weighted by Gasteiger charge is -2.32. The highest BCUT2D eigenvalue weighted by Crippen LogP contribution is 2.38. The molecular formula is C83H99FN10O6S. The number of aryl methyl sites for hydroxylation is 1. The minimum atomic E-state index is -3.04. The minimum Gasteiger partial charge on any atom is -0.375 e. The second kappa shape index (κ2) is 33.6. The third-order valence-corrected chi connectivity index (χ3v) is 22.6. The summed E-state index contributed by atoms with van der Waals surface area (Å²) in [6.45, 7) is 15.5. The molecule has 5 aliphatic heterocycles. The van der Waals surface area contributed by atoms with Gasteiger partial charge in [0.1, 0.15) is 12.4 Å². The van der Waals surface area contributed by atoms with Gasteiger partial charge in [0.25, 0.3) is 0 Å². The quantitative estimate of drug-likeness (QED) is 0.0804. The maximum Gasteiger partial charge on any atom is 0.248 e. The van der Waals surface area contributed by atoms with Gasteiger partial charge in [-0.05, 0) is 190 Å². The van der Waals surface area contributed by atoms with Crippen molar-refractivity contribution in [2.75, 3.05) is 85.4 Å². The molecule has 6 aromatic carbocycles. The van der Waals surface area contributed by atoms with Crippen LogP contribution in [0.25, 0.3) is 60.1 Å². The molecule has 10 heterocycles. The number of amides is 3. The number of aromatic amines is 5. The molecule has 0 bridgehead atoms. The van der Waals surface area contributed by atoms with Crippen LogP contribution >= 0.6 is 0 Å². The molecule has 18 heteroatoms. The third kappa shape index (κ3) is 17.8. The number of carbonyl (C=O) groups excluding carboxylic acids is 3. The zero-order chi connectivity index (χ0) is 70.4. The fourth-order valence-corrected chi connectivity index (χ4v) is 16.5. The smallest absolute Gasteiger partial charge is 0.248 e. The molecular weight excluding hydrogens is 1280 g/mol. The number of halogens is 1. The average Bonchev–Trinajstić information content (AvgIpc) is 1.74. The summed E-state index contributed by atoms with van der Waals surface area (Å²) in [5.74, 6) is 2.56. The van der Waals surface area contributed by atoms with E-state index < -0.39 is 10.0 Å². The number of fused-ring (bicyclic) bond motifs is 5. The highest BCUT2D eigenvalue weighted by atomic mass is 32.2. The van der Waals surface area contributed by atoms with Crippen LogP contribution in [0.3, 0.4) is 0 Å². The lowest BCUT2D eigenvalue weighted by Crippen LogP contribution is -2.39. The van der Waals surface area contributed by atoms with E-state index in [1.54, 1.807) is 35.4 Å². The number of H-pyrrole nitrogens is 5. The van der Waals surface area contributed by atoms with Crippen molar-refractivity contribution in [1.82, 2.24) is 48.8 Å². The number of methoxy groups -OCH3 is 1. The molecule has 0 aliphatic carbocycles. The number of aromatic nitrogens is 5. The lowest BCUT2D eigenvalue weighted by atomic mass is 9.89. The number of nitrogens with one attached hydrogen (secondary N) is 5. The van der Waals surface area contributed by atoms with E-state index in [1.165, 1.54) is 115 Å². The van der Waals surface area contributed by atoms with Gasteiger partial charge in [0.05, 0.1) is 6.26 Å². The van der Waals surface area contributed by atoms with Crippen molar-refractivity contribution in [2.24, 2.45) is 0 Å². The Morgan fingerprint density at radius 3 is 1.44 bits per heavy atom. The van der Waals surface area contributed by atoms with Gasteiger partial charge in [-0.3, -0.25) is 19.3 Å². The van der Waals surface area contributed by atoms with E-state index in [9.17, 15) is 27.2 Å². The number of carbonyl (C=O) groups is 3. The first kappa shape index (κ1) is 71.7. The van der Waals surface area contributed by atoms with Crippen molar-refractivity contribution in [3.63, 3.8) is 0 Å². The van der Waals surface area contributed by atoms with Crippen molar-refractivity contribution in [2.45, 2.75) is 122 Å². The maximum atomic E-state index is 13.3. The van der Waals surface area contributed by atoms with Gasteiger partial charge in [0.2, 0.25) is 27.7 Å². The molecule has 0 unspecified atom stereocenters. The predicted molar refractivity (Wildman–Crippen MR) is 407 cm³/mol. The first-order valence-corrected chi connectivity index (χ1v) is 38.2. The Bertz CT molecular complexity index is 4600. The summed E-state index contributed by atoms with van der Waals surface area (Å²) in [5.41, 5.74) is 16.3. The van der Waals surface area contributed by atoms with Crippen LogP contribution in [0.2, 0.25) is 0 Å². The van der Waals surface area contributed by atoms with Gasteiger partial charge in [-0.15, -0.1) is 0 Å². The topological polar surface area (TPSA) is 190 Å². The Balaban J connectivity index is 0.000000120. The standard InChI is InChI=1S/C20H22N2.C17H22N2O.C16H20N2O2.C15H15FN2O.C15H20N2O2S/c1-2-6-16(7-3-1)15-22-12-10-17(11-13-22)19-14-21-20-9-5-4-8-18(19)20;1-2-5-17(20)19-10-8-13(9-11-19)15-12-18-16-7-4-3-6-14(15)16;1-20-11-16(19)18-8-6-12(7-9-18)14-10-17-15-5-3-2-4-13(14)15;1-10(19)18-6-4-11(5-7-18)14-9-17-15-3-2-12(16)8-13(14)15;1-11-3-4-15-13(9-11)14(10-16-15)12-5-7-17(8-6-12)20(2,18)19/h1-9,14,17,21H,10-13,15H2;3-4,6-7,12-13,18H,2,5,8-11H2,1H3;2-5,10,12,17H,6-9,11H2,1H3;2-4,8-9,17H,5-7H2,1H3;3-4,9-10,12,16H,5-8H2,1-2H3. The highest BCUT2D eigenvalue weighted by molar-refractivity contribution is 7.88. The molecule has 0 spiro atoms. The van der Waals surface area contributed by atoms with Crippen molar-refractivity contribution < 1.29 is 31.9 Å². The molecule has 5 N–H and O–H groups in total. The Morgan fingerprint density at radius 1 is 0.505 bits per heavy atom. The van der Waals surface area contributed by atoms with Crippen LogP contribution < -0.4 is 0 Å². The molecule has 5 aliphatic rings. The fraction of sp³-hybridized carbons (Fsp3) is 0.386.